The van der Waals surface area contributed by atoms with Crippen LogP contribution in [0.3, 0.4) is 0 Å². The summed E-state index contributed by atoms with van der Waals surface area (Å²) in [5.41, 5.74) is 0.412. The molecule has 0 radical (unpaired) electrons. The Bertz CT molecular complexity index is 491. The topological polar surface area (TPSA) is 64.8 Å². The lowest BCUT2D eigenvalue weighted by atomic mass is 9.84. The first-order valence-electron chi connectivity index (χ1n) is 7.08. The number of hydrogen-bond acceptors (Lipinski definition) is 5. The Morgan fingerprint density at radius 2 is 2.40 bits per heavy atom. The number of aromatic nitrogens is 1. The van der Waals surface area contributed by atoms with E-state index >= 15 is 0 Å². The molecule has 110 valence electrons. The van der Waals surface area contributed by atoms with Crippen LogP contribution in [0, 0.1) is 6.92 Å². The fourth-order valence-corrected chi connectivity index (χ4v) is 3.02. The normalized spacial score (nSPS) is 24.7. The van der Waals surface area contributed by atoms with Crippen LogP contribution in [0.2, 0.25) is 0 Å². The fourth-order valence-electron chi connectivity index (χ4n) is 3.02. The molecule has 6 nitrogen and oxygen atoms in total. The van der Waals surface area contributed by atoms with Crippen LogP contribution in [0.4, 0.5) is 0 Å². The van der Waals surface area contributed by atoms with E-state index in [1.54, 1.807) is 11.8 Å². The first-order valence-corrected chi connectivity index (χ1v) is 7.08. The maximum Gasteiger partial charge on any atom is 0.291 e. The SMILES string of the molecule is CCO[C@H]1CCOC2(C1)CN(C(=O)c1ocnc1C)C2. The zero-order valence-electron chi connectivity index (χ0n) is 11.9. The minimum atomic E-state index is -0.221. The van der Waals surface area contributed by atoms with Crippen molar-refractivity contribution in [1.29, 1.82) is 0 Å². The Morgan fingerprint density at radius 3 is 3.05 bits per heavy atom. The summed E-state index contributed by atoms with van der Waals surface area (Å²) in [5.74, 6) is 0.227. The van der Waals surface area contributed by atoms with Crippen molar-refractivity contribution >= 4 is 5.91 Å². The highest BCUT2D eigenvalue weighted by Crippen LogP contribution is 2.36. The maximum atomic E-state index is 12.2. The van der Waals surface area contributed by atoms with Crippen molar-refractivity contribution in [3.05, 3.63) is 17.8 Å². The number of hydrogen-bond donors (Lipinski definition) is 0. The minimum Gasteiger partial charge on any atom is -0.438 e. The largest absolute Gasteiger partial charge is 0.438 e. The molecule has 0 saturated carbocycles. The van der Waals surface area contributed by atoms with Crippen molar-refractivity contribution in [3.63, 3.8) is 0 Å². The Kier molecular flexibility index (Phi) is 3.52. The lowest BCUT2D eigenvalue weighted by Crippen LogP contribution is -2.67. The Hall–Kier alpha value is -1.40. The second-order valence-corrected chi connectivity index (χ2v) is 5.53. The van der Waals surface area contributed by atoms with Gasteiger partial charge in [-0.05, 0) is 20.3 Å². The number of carbonyl (C=O) groups is 1. The summed E-state index contributed by atoms with van der Waals surface area (Å²) in [5, 5.41) is 0. The Balaban J connectivity index is 1.60. The van der Waals surface area contributed by atoms with E-state index in [4.69, 9.17) is 13.9 Å². The first-order chi connectivity index (χ1) is 9.63. The third kappa shape index (κ3) is 2.33. The molecule has 2 aliphatic rings. The van der Waals surface area contributed by atoms with Crippen molar-refractivity contribution in [2.45, 2.75) is 38.4 Å². The van der Waals surface area contributed by atoms with Crippen molar-refractivity contribution in [3.8, 4) is 0 Å². The van der Waals surface area contributed by atoms with E-state index < -0.39 is 0 Å². The van der Waals surface area contributed by atoms with Crippen LogP contribution >= 0.6 is 0 Å². The van der Waals surface area contributed by atoms with Crippen LogP contribution in [-0.2, 0) is 9.47 Å². The van der Waals surface area contributed by atoms with Crippen LogP contribution in [-0.4, -0.2) is 53.8 Å². The van der Waals surface area contributed by atoms with Gasteiger partial charge < -0.3 is 18.8 Å². The van der Waals surface area contributed by atoms with Gasteiger partial charge >= 0.3 is 0 Å². The van der Waals surface area contributed by atoms with Gasteiger partial charge in [-0.1, -0.05) is 0 Å². The zero-order chi connectivity index (χ0) is 14.2. The van der Waals surface area contributed by atoms with Gasteiger partial charge in [-0.15, -0.1) is 0 Å². The van der Waals surface area contributed by atoms with Gasteiger partial charge in [0.1, 0.15) is 5.60 Å². The molecule has 1 aromatic heterocycles. The summed E-state index contributed by atoms with van der Waals surface area (Å²) >= 11 is 0. The third-order valence-corrected chi connectivity index (χ3v) is 4.04. The molecule has 3 rings (SSSR count). The number of carbonyl (C=O) groups excluding carboxylic acids is 1. The molecule has 0 bridgehead atoms. The second kappa shape index (κ2) is 5.18. The van der Waals surface area contributed by atoms with Crippen LogP contribution in [0.1, 0.15) is 36.0 Å². The number of aryl methyl sites for hydroxylation is 1. The highest BCUT2D eigenvalue weighted by molar-refractivity contribution is 5.93. The lowest BCUT2D eigenvalue weighted by Gasteiger charge is -2.52. The molecule has 1 atom stereocenters. The van der Waals surface area contributed by atoms with Gasteiger partial charge in [0, 0.05) is 19.6 Å². The van der Waals surface area contributed by atoms with E-state index in [0.29, 0.717) is 31.2 Å². The summed E-state index contributed by atoms with van der Waals surface area (Å²) in [4.78, 5) is 18.0. The number of ether oxygens (including phenoxy) is 2. The Labute approximate surface area is 118 Å². The van der Waals surface area contributed by atoms with Crippen LogP contribution in [0.15, 0.2) is 10.8 Å². The molecular formula is C14H20N2O4. The number of amides is 1. The predicted octanol–water partition coefficient (Wildman–Crippen LogP) is 1.39. The maximum absolute atomic E-state index is 12.2. The third-order valence-electron chi connectivity index (χ3n) is 4.04. The van der Waals surface area contributed by atoms with E-state index in [1.165, 1.54) is 6.39 Å². The second-order valence-electron chi connectivity index (χ2n) is 5.53. The zero-order valence-corrected chi connectivity index (χ0v) is 11.9. The molecule has 1 spiro atoms. The van der Waals surface area contributed by atoms with E-state index in [2.05, 4.69) is 4.98 Å². The first kappa shape index (κ1) is 13.6. The van der Waals surface area contributed by atoms with Gasteiger partial charge in [-0.2, -0.15) is 0 Å². The predicted molar refractivity (Wildman–Crippen MR) is 70.5 cm³/mol. The summed E-state index contributed by atoms with van der Waals surface area (Å²) < 4.78 is 16.7. The van der Waals surface area contributed by atoms with Crippen LogP contribution < -0.4 is 0 Å². The molecular weight excluding hydrogens is 260 g/mol. The average molecular weight is 280 g/mol. The van der Waals surface area contributed by atoms with Gasteiger partial charge in [0.05, 0.1) is 24.9 Å². The number of likely N-dealkylation sites (tertiary alicyclic amines) is 1. The summed E-state index contributed by atoms with van der Waals surface area (Å²) in [6.45, 7) is 6.42. The molecule has 2 fully saturated rings. The van der Waals surface area contributed by atoms with E-state index in [-0.39, 0.29) is 17.6 Å². The monoisotopic (exact) mass is 280 g/mol. The van der Waals surface area contributed by atoms with Gasteiger partial charge in [0.15, 0.2) is 6.39 Å². The molecule has 3 heterocycles. The molecule has 2 saturated heterocycles. The van der Waals surface area contributed by atoms with Crippen molar-refractivity contribution in [1.82, 2.24) is 9.88 Å². The average Bonchev–Trinajstić information content (AvgIpc) is 2.82. The molecule has 20 heavy (non-hydrogen) atoms. The molecule has 0 N–H and O–H groups in total. The fraction of sp³-hybridized carbons (Fsp3) is 0.714. The highest BCUT2D eigenvalue weighted by atomic mass is 16.5. The van der Waals surface area contributed by atoms with Crippen LogP contribution in [0.25, 0.3) is 0 Å². The van der Waals surface area contributed by atoms with E-state index in [0.717, 1.165) is 19.4 Å². The molecule has 0 unspecified atom stereocenters. The van der Waals surface area contributed by atoms with Crippen molar-refractivity contribution in [2.24, 2.45) is 0 Å². The number of nitrogens with zero attached hydrogens (tertiary/aromatic N) is 2. The van der Waals surface area contributed by atoms with Crippen molar-refractivity contribution in [2.75, 3.05) is 26.3 Å². The number of oxazole rings is 1. The summed E-state index contributed by atoms with van der Waals surface area (Å²) in [7, 11) is 0. The highest BCUT2D eigenvalue weighted by Gasteiger charge is 2.50. The van der Waals surface area contributed by atoms with Crippen molar-refractivity contribution < 1.29 is 18.7 Å². The summed E-state index contributed by atoms with van der Waals surface area (Å²) in [6, 6.07) is 0. The minimum absolute atomic E-state index is 0.104. The smallest absolute Gasteiger partial charge is 0.291 e. The van der Waals surface area contributed by atoms with Gasteiger partial charge in [-0.25, -0.2) is 4.98 Å². The lowest BCUT2D eigenvalue weighted by molar-refractivity contribution is -0.185. The van der Waals surface area contributed by atoms with Gasteiger partial charge in [0.25, 0.3) is 5.91 Å². The number of rotatable bonds is 3. The molecule has 1 amide bonds. The van der Waals surface area contributed by atoms with E-state index in [1.807, 2.05) is 6.92 Å². The molecule has 0 aromatic carbocycles. The van der Waals surface area contributed by atoms with E-state index in [9.17, 15) is 4.79 Å². The van der Waals surface area contributed by atoms with Gasteiger partial charge in [0.2, 0.25) is 5.76 Å². The van der Waals surface area contributed by atoms with Crippen LogP contribution in [0.5, 0.6) is 0 Å². The summed E-state index contributed by atoms with van der Waals surface area (Å²) in [6.07, 6.45) is 3.35. The molecule has 2 aliphatic heterocycles. The standard InChI is InChI=1S/C14H20N2O4/c1-3-18-11-4-5-20-14(6-11)7-16(8-14)13(17)12-10(2)15-9-19-12/h9,11H,3-8H2,1-2H3/t11-/m0/s1. The molecule has 1 aromatic rings. The molecule has 0 aliphatic carbocycles. The Morgan fingerprint density at radius 1 is 1.60 bits per heavy atom. The molecule has 6 heteroatoms. The quantitative estimate of drug-likeness (QED) is 0.837. The van der Waals surface area contributed by atoms with Gasteiger partial charge in [-0.3, -0.25) is 4.79 Å².